The van der Waals surface area contributed by atoms with Gasteiger partial charge >= 0.3 is 0 Å². The Bertz CT molecular complexity index is 500. The molecule has 1 aromatic heterocycles. The number of aryl methyl sites for hydroxylation is 2. The van der Waals surface area contributed by atoms with Crippen LogP contribution in [0.3, 0.4) is 0 Å². The molecule has 19 heavy (non-hydrogen) atoms. The number of benzene rings is 1. The third kappa shape index (κ3) is 4.01. The maximum Gasteiger partial charge on any atom is 0.125 e. The van der Waals surface area contributed by atoms with E-state index >= 15 is 0 Å². The number of hydrogen-bond acceptors (Lipinski definition) is 3. The van der Waals surface area contributed by atoms with Crippen LogP contribution in [0.25, 0.3) is 0 Å². The van der Waals surface area contributed by atoms with Crippen LogP contribution in [0.4, 0.5) is 0 Å². The standard InChI is InChI=1S/C15H18ClNO2/c1-11-7-14(16)8-12(2)15(11)19-6-4-17-9-13-3-5-18-10-13/h3,5,7-8,10,17H,4,6,9H2,1-2H3. The van der Waals surface area contributed by atoms with Crippen molar-refractivity contribution < 1.29 is 9.15 Å². The summed E-state index contributed by atoms with van der Waals surface area (Å²) >= 11 is 5.99. The van der Waals surface area contributed by atoms with E-state index in [0.29, 0.717) is 6.61 Å². The normalized spacial score (nSPS) is 10.7. The van der Waals surface area contributed by atoms with Crippen molar-refractivity contribution in [3.63, 3.8) is 0 Å². The highest BCUT2D eigenvalue weighted by Crippen LogP contribution is 2.26. The molecule has 3 nitrogen and oxygen atoms in total. The second kappa shape index (κ2) is 6.64. The summed E-state index contributed by atoms with van der Waals surface area (Å²) in [6, 6.07) is 5.78. The zero-order valence-corrected chi connectivity index (χ0v) is 12.0. The van der Waals surface area contributed by atoms with E-state index in [-0.39, 0.29) is 0 Å². The van der Waals surface area contributed by atoms with Gasteiger partial charge in [-0.05, 0) is 43.2 Å². The van der Waals surface area contributed by atoms with E-state index in [1.165, 1.54) is 0 Å². The molecule has 0 radical (unpaired) electrons. The number of halogens is 1. The molecule has 0 amide bonds. The molecule has 0 saturated carbocycles. The number of ether oxygens (including phenoxy) is 1. The lowest BCUT2D eigenvalue weighted by Crippen LogP contribution is -2.20. The van der Waals surface area contributed by atoms with E-state index in [1.807, 2.05) is 32.0 Å². The molecule has 0 aliphatic carbocycles. The average Bonchev–Trinajstić information content (AvgIpc) is 2.84. The van der Waals surface area contributed by atoms with Gasteiger partial charge in [-0.25, -0.2) is 0 Å². The Kier molecular flexibility index (Phi) is 4.88. The lowest BCUT2D eigenvalue weighted by Gasteiger charge is -2.12. The van der Waals surface area contributed by atoms with Crippen LogP contribution in [-0.4, -0.2) is 13.2 Å². The van der Waals surface area contributed by atoms with Gasteiger partial charge in [0.25, 0.3) is 0 Å². The molecule has 1 aromatic carbocycles. The molecular formula is C15H18ClNO2. The Morgan fingerprint density at radius 1 is 1.26 bits per heavy atom. The zero-order chi connectivity index (χ0) is 13.7. The Labute approximate surface area is 118 Å². The van der Waals surface area contributed by atoms with Crippen molar-refractivity contribution in [2.45, 2.75) is 20.4 Å². The first-order valence-corrected chi connectivity index (χ1v) is 6.66. The molecule has 0 atom stereocenters. The quantitative estimate of drug-likeness (QED) is 0.819. The molecule has 0 aliphatic heterocycles. The Morgan fingerprint density at radius 2 is 2.00 bits per heavy atom. The van der Waals surface area contributed by atoms with E-state index in [2.05, 4.69) is 5.32 Å². The second-order valence-corrected chi connectivity index (χ2v) is 4.96. The minimum absolute atomic E-state index is 0.626. The zero-order valence-electron chi connectivity index (χ0n) is 11.2. The first-order valence-electron chi connectivity index (χ1n) is 6.28. The van der Waals surface area contributed by atoms with Gasteiger partial charge in [-0.2, -0.15) is 0 Å². The van der Waals surface area contributed by atoms with Crippen molar-refractivity contribution in [3.8, 4) is 5.75 Å². The van der Waals surface area contributed by atoms with Gasteiger partial charge in [0.2, 0.25) is 0 Å². The minimum atomic E-state index is 0.626. The van der Waals surface area contributed by atoms with Gasteiger partial charge in [0.05, 0.1) is 12.5 Å². The van der Waals surface area contributed by atoms with Gasteiger partial charge in [0.1, 0.15) is 12.4 Å². The van der Waals surface area contributed by atoms with Crippen molar-refractivity contribution in [1.82, 2.24) is 5.32 Å². The first kappa shape index (κ1) is 14.0. The maximum atomic E-state index is 5.99. The molecule has 4 heteroatoms. The van der Waals surface area contributed by atoms with E-state index in [4.69, 9.17) is 20.8 Å². The summed E-state index contributed by atoms with van der Waals surface area (Å²) in [6.07, 6.45) is 3.41. The predicted molar refractivity (Wildman–Crippen MR) is 76.8 cm³/mol. The van der Waals surface area contributed by atoms with Crippen LogP contribution >= 0.6 is 11.6 Å². The van der Waals surface area contributed by atoms with Crippen molar-refractivity contribution in [3.05, 3.63) is 52.4 Å². The summed E-state index contributed by atoms with van der Waals surface area (Å²) in [4.78, 5) is 0. The third-order valence-electron chi connectivity index (χ3n) is 2.86. The smallest absolute Gasteiger partial charge is 0.125 e. The second-order valence-electron chi connectivity index (χ2n) is 4.53. The SMILES string of the molecule is Cc1cc(Cl)cc(C)c1OCCNCc1ccoc1. The van der Waals surface area contributed by atoms with Crippen LogP contribution in [0.15, 0.2) is 35.1 Å². The number of furan rings is 1. The fourth-order valence-corrected chi connectivity index (χ4v) is 2.30. The Morgan fingerprint density at radius 3 is 2.63 bits per heavy atom. The van der Waals surface area contributed by atoms with Gasteiger partial charge in [-0.3, -0.25) is 0 Å². The van der Waals surface area contributed by atoms with Gasteiger partial charge < -0.3 is 14.5 Å². The third-order valence-corrected chi connectivity index (χ3v) is 3.08. The van der Waals surface area contributed by atoms with Crippen LogP contribution in [0.5, 0.6) is 5.75 Å². The molecule has 2 rings (SSSR count). The van der Waals surface area contributed by atoms with Gasteiger partial charge in [-0.15, -0.1) is 0 Å². The molecule has 0 aliphatic rings. The van der Waals surface area contributed by atoms with Crippen LogP contribution in [0, 0.1) is 13.8 Å². The topological polar surface area (TPSA) is 34.4 Å². The van der Waals surface area contributed by atoms with Crippen LogP contribution in [-0.2, 0) is 6.54 Å². The molecular weight excluding hydrogens is 262 g/mol. The van der Waals surface area contributed by atoms with Crippen molar-refractivity contribution in [2.75, 3.05) is 13.2 Å². The maximum absolute atomic E-state index is 5.99. The summed E-state index contributed by atoms with van der Waals surface area (Å²) in [6.45, 7) is 6.21. The molecule has 1 heterocycles. The number of rotatable bonds is 6. The summed E-state index contributed by atoms with van der Waals surface area (Å²) in [5.41, 5.74) is 3.28. The molecule has 0 unspecified atom stereocenters. The van der Waals surface area contributed by atoms with Crippen molar-refractivity contribution >= 4 is 11.6 Å². The number of hydrogen-bond donors (Lipinski definition) is 1. The lowest BCUT2D eigenvalue weighted by atomic mass is 10.1. The minimum Gasteiger partial charge on any atom is -0.492 e. The van der Waals surface area contributed by atoms with Gasteiger partial charge in [0, 0.05) is 23.7 Å². The Balaban J connectivity index is 1.77. The average molecular weight is 280 g/mol. The van der Waals surface area contributed by atoms with Gasteiger partial charge in [0.15, 0.2) is 0 Å². The largest absolute Gasteiger partial charge is 0.492 e. The van der Waals surface area contributed by atoms with Crippen molar-refractivity contribution in [1.29, 1.82) is 0 Å². The molecule has 0 saturated heterocycles. The molecule has 2 aromatic rings. The van der Waals surface area contributed by atoms with E-state index in [9.17, 15) is 0 Å². The van der Waals surface area contributed by atoms with E-state index in [0.717, 1.165) is 40.6 Å². The lowest BCUT2D eigenvalue weighted by molar-refractivity contribution is 0.309. The Hall–Kier alpha value is -1.45. The highest BCUT2D eigenvalue weighted by atomic mass is 35.5. The molecule has 102 valence electrons. The molecule has 1 N–H and O–H groups in total. The molecule has 0 fully saturated rings. The van der Waals surface area contributed by atoms with Crippen molar-refractivity contribution in [2.24, 2.45) is 0 Å². The number of nitrogens with one attached hydrogen (secondary N) is 1. The van der Waals surface area contributed by atoms with Crippen LogP contribution in [0.2, 0.25) is 5.02 Å². The highest BCUT2D eigenvalue weighted by molar-refractivity contribution is 6.30. The molecule has 0 bridgehead atoms. The van der Waals surface area contributed by atoms with Crippen LogP contribution in [0.1, 0.15) is 16.7 Å². The summed E-state index contributed by atoms with van der Waals surface area (Å²) < 4.78 is 10.8. The summed E-state index contributed by atoms with van der Waals surface area (Å²) in [5.74, 6) is 0.925. The summed E-state index contributed by atoms with van der Waals surface area (Å²) in [5, 5.41) is 4.05. The summed E-state index contributed by atoms with van der Waals surface area (Å²) in [7, 11) is 0. The predicted octanol–water partition coefficient (Wildman–Crippen LogP) is 3.72. The van der Waals surface area contributed by atoms with Gasteiger partial charge in [-0.1, -0.05) is 11.6 Å². The monoisotopic (exact) mass is 279 g/mol. The highest BCUT2D eigenvalue weighted by Gasteiger charge is 2.05. The fourth-order valence-electron chi connectivity index (χ4n) is 1.98. The van der Waals surface area contributed by atoms with E-state index in [1.54, 1.807) is 12.5 Å². The molecule has 0 spiro atoms. The van der Waals surface area contributed by atoms with Crippen LogP contribution < -0.4 is 10.1 Å². The fraction of sp³-hybridized carbons (Fsp3) is 0.333. The van der Waals surface area contributed by atoms with E-state index < -0.39 is 0 Å². The first-order chi connectivity index (χ1) is 9.16.